The van der Waals surface area contributed by atoms with Gasteiger partial charge in [0.25, 0.3) is 0 Å². The van der Waals surface area contributed by atoms with Gasteiger partial charge in [-0.2, -0.15) is 5.10 Å². The highest BCUT2D eigenvalue weighted by atomic mass is 16.6. The van der Waals surface area contributed by atoms with Crippen molar-refractivity contribution in [3.05, 3.63) is 22.0 Å². The highest BCUT2D eigenvalue weighted by Gasteiger charge is 2.17. The minimum absolute atomic E-state index is 0.103. The number of methoxy groups -OCH3 is 1. The molecule has 14 heavy (non-hydrogen) atoms. The number of nitrogens with zero attached hydrogens (tertiary/aromatic N) is 3. The Morgan fingerprint density at radius 2 is 2.43 bits per heavy atom. The van der Waals surface area contributed by atoms with E-state index in [9.17, 15) is 14.9 Å². The number of esters is 1. The molecule has 76 valence electrons. The third-order valence-electron chi connectivity index (χ3n) is 1.78. The third kappa shape index (κ3) is 1.87. The lowest BCUT2D eigenvalue weighted by Crippen LogP contribution is -2.13. The molecule has 7 nitrogen and oxygen atoms in total. The van der Waals surface area contributed by atoms with Crippen molar-refractivity contribution in [3.63, 3.8) is 0 Å². The highest BCUT2D eigenvalue weighted by Crippen LogP contribution is 2.15. The Bertz CT molecular complexity index is 371. The maximum atomic E-state index is 10.9. The van der Waals surface area contributed by atoms with Crippen LogP contribution in [0.2, 0.25) is 0 Å². The summed E-state index contributed by atoms with van der Waals surface area (Å²) >= 11 is 0. The van der Waals surface area contributed by atoms with Gasteiger partial charge in [0.05, 0.1) is 12.0 Å². The zero-order valence-electron chi connectivity index (χ0n) is 7.76. The lowest BCUT2D eigenvalue weighted by molar-refractivity contribution is -0.385. The molecule has 1 aromatic heterocycles. The van der Waals surface area contributed by atoms with Crippen LogP contribution in [-0.4, -0.2) is 27.8 Å². The normalized spacial score (nSPS) is 9.86. The Morgan fingerprint density at radius 3 is 2.86 bits per heavy atom. The smallest absolute Gasteiger partial charge is 0.327 e. The summed E-state index contributed by atoms with van der Waals surface area (Å²) in [4.78, 5) is 20.7. The van der Waals surface area contributed by atoms with Gasteiger partial charge in [-0.1, -0.05) is 0 Å². The number of aromatic nitrogens is 2. The minimum Gasteiger partial charge on any atom is -0.468 e. The molecule has 0 aliphatic rings. The maximum absolute atomic E-state index is 10.9. The summed E-state index contributed by atoms with van der Waals surface area (Å²) in [6.07, 6.45) is 1.11. The molecule has 0 bridgehead atoms. The largest absolute Gasteiger partial charge is 0.468 e. The Kier molecular flexibility index (Phi) is 2.80. The van der Waals surface area contributed by atoms with E-state index >= 15 is 0 Å². The SMILES string of the molecule is COC(=O)Cn1ncc([N+](=O)[O-])c1C. The van der Waals surface area contributed by atoms with Crippen LogP contribution >= 0.6 is 0 Å². The second kappa shape index (κ2) is 3.86. The second-order valence-corrected chi connectivity index (χ2v) is 2.61. The molecule has 0 unspecified atom stereocenters. The van der Waals surface area contributed by atoms with E-state index in [0.717, 1.165) is 6.20 Å². The van der Waals surface area contributed by atoms with Crippen LogP contribution < -0.4 is 0 Å². The molecule has 1 heterocycles. The van der Waals surface area contributed by atoms with Crippen molar-refractivity contribution < 1.29 is 14.5 Å². The van der Waals surface area contributed by atoms with Crippen LogP contribution in [0.15, 0.2) is 6.20 Å². The average Bonchev–Trinajstić information content (AvgIpc) is 2.48. The molecule has 0 fully saturated rings. The molecule has 1 aromatic rings. The summed E-state index contributed by atoms with van der Waals surface area (Å²) in [5.41, 5.74) is 0.231. The van der Waals surface area contributed by atoms with Crippen molar-refractivity contribution in [2.45, 2.75) is 13.5 Å². The number of carbonyl (C=O) groups excluding carboxylic acids is 1. The van der Waals surface area contributed by atoms with Crippen LogP contribution in [-0.2, 0) is 16.1 Å². The van der Waals surface area contributed by atoms with Crippen LogP contribution in [0, 0.1) is 17.0 Å². The van der Waals surface area contributed by atoms with Crippen LogP contribution in [0.25, 0.3) is 0 Å². The van der Waals surface area contributed by atoms with Crippen LogP contribution in [0.1, 0.15) is 5.69 Å². The first-order chi connectivity index (χ1) is 6.56. The Hall–Kier alpha value is -1.92. The first-order valence-corrected chi connectivity index (χ1v) is 3.80. The second-order valence-electron chi connectivity index (χ2n) is 2.61. The predicted octanol–water partition coefficient (Wildman–Crippen LogP) is 0.273. The Balaban J connectivity index is 2.90. The fraction of sp³-hybridized carbons (Fsp3) is 0.429. The number of hydrogen-bond acceptors (Lipinski definition) is 5. The third-order valence-corrected chi connectivity index (χ3v) is 1.78. The van der Waals surface area contributed by atoms with Gasteiger partial charge in [-0.15, -0.1) is 0 Å². The topological polar surface area (TPSA) is 87.3 Å². The first kappa shape index (κ1) is 10.2. The number of hydrogen-bond donors (Lipinski definition) is 0. The summed E-state index contributed by atoms with van der Waals surface area (Å²) in [7, 11) is 1.25. The lowest BCUT2D eigenvalue weighted by Gasteiger charge is -2.00. The minimum atomic E-state index is -0.546. The number of rotatable bonds is 3. The molecule has 0 aromatic carbocycles. The van der Waals surface area contributed by atoms with E-state index in [-0.39, 0.29) is 12.2 Å². The Morgan fingerprint density at radius 1 is 1.79 bits per heavy atom. The molecule has 0 spiro atoms. The molecule has 0 radical (unpaired) electrons. The predicted molar refractivity (Wildman–Crippen MR) is 45.6 cm³/mol. The van der Waals surface area contributed by atoms with Crippen LogP contribution in [0.3, 0.4) is 0 Å². The van der Waals surface area contributed by atoms with Crippen molar-refractivity contribution in [2.75, 3.05) is 7.11 Å². The van der Waals surface area contributed by atoms with E-state index in [0.29, 0.717) is 5.69 Å². The van der Waals surface area contributed by atoms with E-state index in [1.807, 2.05) is 0 Å². The molecule has 1 rings (SSSR count). The molecule has 0 aliphatic heterocycles. The number of ether oxygens (including phenoxy) is 1. The van der Waals surface area contributed by atoms with E-state index in [4.69, 9.17) is 0 Å². The summed E-state index contributed by atoms with van der Waals surface area (Å²) in [5.74, 6) is -0.494. The van der Waals surface area contributed by atoms with Gasteiger partial charge in [-0.3, -0.25) is 19.6 Å². The zero-order valence-corrected chi connectivity index (χ0v) is 7.76. The molecule has 0 amide bonds. The van der Waals surface area contributed by atoms with Crippen LogP contribution in [0.4, 0.5) is 5.69 Å². The van der Waals surface area contributed by atoms with Gasteiger partial charge in [0.2, 0.25) is 0 Å². The highest BCUT2D eigenvalue weighted by molar-refractivity contribution is 5.69. The van der Waals surface area contributed by atoms with E-state index in [2.05, 4.69) is 9.84 Å². The van der Waals surface area contributed by atoms with E-state index < -0.39 is 10.9 Å². The van der Waals surface area contributed by atoms with Gasteiger partial charge in [0, 0.05) is 0 Å². The summed E-state index contributed by atoms with van der Waals surface area (Å²) in [6.45, 7) is 1.41. The molecule has 0 saturated carbocycles. The van der Waals surface area contributed by atoms with Crippen molar-refractivity contribution in [1.29, 1.82) is 0 Å². The summed E-state index contributed by atoms with van der Waals surface area (Å²) in [5, 5.41) is 14.1. The Labute approximate surface area is 79.4 Å². The standard InChI is InChI=1S/C7H9N3O4/c1-5-6(10(12)13)3-8-9(5)4-7(11)14-2/h3H,4H2,1-2H3. The molecule has 0 aliphatic carbocycles. The quantitative estimate of drug-likeness (QED) is 0.396. The molecular formula is C7H9N3O4. The van der Waals surface area contributed by atoms with Crippen LogP contribution in [0.5, 0.6) is 0 Å². The first-order valence-electron chi connectivity index (χ1n) is 3.80. The van der Waals surface area contributed by atoms with Crippen molar-refractivity contribution in [1.82, 2.24) is 9.78 Å². The van der Waals surface area contributed by atoms with Crippen molar-refractivity contribution in [3.8, 4) is 0 Å². The van der Waals surface area contributed by atoms with Gasteiger partial charge in [0.1, 0.15) is 18.4 Å². The summed E-state index contributed by atoms with van der Waals surface area (Å²) < 4.78 is 5.64. The van der Waals surface area contributed by atoms with E-state index in [1.54, 1.807) is 0 Å². The monoisotopic (exact) mass is 199 g/mol. The fourth-order valence-electron chi connectivity index (χ4n) is 0.962. The number of carbonyl (C=O) groups is 1. The maximum Gasteiger partial charge on any atom is 0.327 e. The van der Waals surface area contributed by atoms with Gasteiger partial charge in [-0.25, -0.2) is 0 Å². The molecule has 7 heteroatoms. The molecular weight excluding hydrogens is 190 g/mol. The zero-order chi connectivity index (χ0) is 10.7. The molecule has 0 saturated heterocycles. The van der Waals surface area contributed by atoms with Crippen molar-refractivity contribution >= 4 is 11.7 Å². The summed E-state index contributed by atoms with van der Waals surface area (Å²) in [6, 6.07) is 0. The fourth-order valence-corrected chi connectivity index (χ4v) is 0.962. The van der Waals surface area contributed by atoms with Crippen molar-refractivity contribution in [2.24, 2.45) is 0 Å². The van der Waals surface area contributed by atoms with E-state index in [1.165, 1.54) is 18.7 Å². The molecule has 0 N–H and O–H groups in total. The molecule has 0 atom stereocenters. The lowest BCUT2D eigenvalue weighted by atomic mass is 10.4. The van der Waals surface area contributed by atoms with Gasteiger partial charge < -0.3 is 4.74 Å². The number of nitro groups is 1. The van der Waals surface area contributed by atoms with Gasteiger partial charge >= 0.3 is 11.7 Å². The van der Waals surface area contributed by atoms with Gasteiger partial charge in [-0.05, 0) is 6.92 Å². The van der Waals surface area contributed by atoms with Gasteiger partial charge in [0.15, 0.2) is 0 Å². The average molecular weight is 199 g/mol.